The van der Waals surface area contributed by atoms with Crippen LogP contribution in [0.4, 0.5) is 19.0 Å². The highest BCUT2D eigenvalue weighted by Gasteiger charge is 2.46. The lowest BCUT2D eigenvalue weighted by Gasteiger charge is -2.31. The van der Waals surface area contributed by atoms with Gasteiger partial charge in [0.25, 0.3) is 0 Å². The maximum absolute atomic E-state index is 13.5. The molecular formula is C19H25F3N6O. The highest BCUT2D eigenvalue weighted by Crippen LogP contribution is 2.41. The second-order valence-corrected chi connectivity index (χ2v) is 7.95. The summed E-state index contributed by atoms with van der Waals surface area (Å²) in [6, 6.07) is 1.32. The maximum Gasteiger partial charge on any atom is 0.410 e. The van der Waals surface area contributed by atoms with Crippen LogP contribution in [-0.4, -0.2) is 49.1 Å². The molecule has 1 fully saturated rings. The first-order valence-electron chi connectivity index (χ1n) is 9.94. The molecule has 4 heterocycles. The normalized spacial score (nSPS) is 24.4. The number of likely N-dealkylation sites (tertiary alicyclic amines) is 1. The van der Waals surface area contributed by atoms with E-state index in [-0.39, 0.29) is 24.4 Å². The third kappa shape index (κ3) is 3.97. The molecule has 0 bridgehead atoms. The Kier molecular flexibility index (Phi) is 5.04. The molecule has 29 heavy (non-hydrogen) atoms. The summed E-state index contributed by atoms with van der Waals surface area (Å²) >= 11 is 0. The second-order valence-electron chi connectivity index (χ2n) is 7.95. The molecule has 0 spiro atoms. The van der Waals surface area contributed by atoms with E-state index in [0.717, 1.165) is 16.8 Å². The monoisotopic (exact) mass is 410 g/mol. The van der Waals surface area contributed by atoms with E-state index in [2.05, 4.69) is 15.5 Å². The van der Waals surface area contributed by atoms with Gasteiger partial charge in [-0.2, -0.15) is 23.4 Å². The Bertz CT molecular complexity index is 889. The molecule has 0 unspecified atom stereocenters. The van der Waals surface area contributed by atoms with Crippen LogP contribution >= 0.6 is 0 Å². The number of nitrogens with one attached hydrogen (secondary N) is 1. The van der Waals surface area contributed by atoms with Crippen LogP contribution < -0.4 is 5.32 Å². The molecule has 7 nitrogen and oxygen atoms in total. The number of aryl methyl sites for hydroxylation is 2. The minimum Gasteiger partial charge on any atom is -0.368 e. The van der Waals surface area contributed by atoms with Crippen LogP contribution in [0.2, 0.25) is 0 Å². The number of carbonyl (C=O) groups is 1. The van der Waals surface area contributed by atoms with Gasteiger partial charge in [-0.15, -0.1) is 0 Å². The molecule has 0 aliphatic carbocycles. The standard InChI is InChI=1S/C19H25F3N6O/c1-12-5-8-26(24-12)9-6-18(29)27-7-3-4-15(27)14-11-17-23-13(2)10-16(19(20,21)22)28(17)25-14/h5,8,11,13,15-16,23H,3-4,6-7,9-10H2,1-2H3/t13-,15-,16-/m1/s1. The molecule has 158 valence electrons. The van der Waals surface area contributed by atoms with Crippen molar-refractivity contribution >= 4 is 11.7 Å². The number of anilines is 1. The van der Waals surface area contributed by atoms with Crippen molar-refractivity contribution in [3.63, 3.8) is 0 Å². The van der Waals surface area contributed by atoms with Crippen molar-refractivity contribution in [3.05, 3.63) is 29.7 Å². The summed E-state index contributed by atoms with van der Waals surface area (Å²) in [5.41, 5.74) is 1.41. The van der Waals surface area contributed by atoms with Crippen molar-refractivity contribution < 1.29 is 18.0 Å². The Labute approximate surface area is 166 Å². The number of carbonyl (C=O) groups excluding carboxylic acids is 1. The molecule has 0 saturated carbocycles. The lowest BCUT2D eigenvalue weighted by molar-refractivity contribution is -0.173. The van der Waals surface area contributed by atoms with Crippen molar-refractivity contribution in [1.82, 2.24) is 24.5 Å². The first-order chi connectivity index (χ1) is 13.7. The zero-order valence-corrected chi connectivity index (χ0v) is 16.5. The highest BCUT2D eigenvalue weighted by molar-refractivity contribution is 5.77. The van der Waals surface area contributed by atoms with E-state index in [4.69, 9.17) is 0 Å². The minimum absolute atomic E-state index is 0.0275. The van der Waals surface area contributed by atoms with Crippen LogP contribution in [-0.2, 0) is 11.3 Å². The van der Waals surface area contributed by atoms with Crippen molar-refractivity contribution in [2.24, 2.45) is 0 Å². The summed E-state index contributed by atoms with van der Waals surface area (Å²) in [7, 11) is 0. The molecule has 2 aromatic rings. The maximum atomic E-state index is 13.5. The van der Waals surface area contributed by atoms with Crippen molar-refractivity contribution in [2.75, 3.05) is 11.9 Å². The fourth-order valence-corrected chi connectivity index (χ4v) is 4.25. The Hall–Kier alpha value is -2.52. The number of fused-ring (bicyclic) bond motifs is 1. The van der Waals surface area contributed by atoms with Gasteiger partial charge in [0.15, 0.2) is 6.04 Å². The molecule has 1 saturated heterocycles. The number of amides is 1. The third-order valence-electron chi connectivity index (χ3n) is 5.64. The molecular weight excluding hydrogens is 385 g/mol. The number of hydrogen-bond acceptors (Lipinski definition) is 4. The van der Waals surface area contributed by atoms with Crippen LogP contribution in [0, 0.1) is 6.92 Å². The van der Waals surface area contributed by atoms with Gasteiger partial charge in [0.05, 0.1) is 17.4 Å². The number of nitrogens with zero attached hydrogens (tertiary/aromatic N) is 5. The molecule has 10 heteroatoms. The number of rotatable bonds is 4. The molecule has 4 rings (SSSR count). The largest absolute Gasteiger partial charge is 0.410 e. The van der Waals surface area contributed by atoms with Crippen molar-refractivity contribution in [3.8, 4) is 0 Å². The molecule has 0 radical (unpaired) electrons. The fraction of sp³-hybridized carbons (Fsp3) is 0.632. The summed E-state index contributed by atoms with van der Waals surface area (Å²) < 4.78 is 43.2. The summed E-state index contributed by atoms with van der Waals surface area (Å²) in [5, 5.41) is 11.7. The topological polar surface area (TPSA) is 68.0 Å². The summed E-state index contributed by atoms with van der Waals surface area (Å²) in [4.78, 5) is 14.5. The first-order valence-corrected chi connectivity index (χ1v) is 9.94. The second kappa shape index (κ2) is 7.38. The van der Waals surface area contributed by atoms with Crippen molar-refractivity contribution in [2.45, 2.75) is 70.4 Å². The van der Waals surface area contributed by atoms with E-state index < -0.39 is 12.2 Å². The average molecular weight is 410 g/mol. The zero-order chi connectivity index (χ0) is 20.8. The van der Waals surface area contributed by atoms with Gasteiger partial charge in [0.1, 0.15) is 5.82 Å². The molecule has 2 aliphatic heterocycles. The minimum atomic E-state index is -4.36. The number of hydrogen-bond donors (Lipinski definition) is 1. The lowest BCUT2D eigenvalue weighted by atomic mass is 10.1. The van der Waals surface area contributed by atoms with Gasteiger partial charge in [-0.05, 0) is 39.2 Å². The Morgan fingerprint density at radius 3 is 2.83 bits per heavy atom. The van der Waals surface area contributed by atoms with E-state index >= 15 is 0 Å². The van der Waals surface area contributed by atoms with E-state index in [0.29, 0.717) is 37.4 Å². The van der Waals surface area contributed by atoms with Crippen LogP contribution in [0.1, 0.15) is 56.1 Å². The molecule has 2 aliphatic rings. The van der Waals surface area contributed by atoms with Crippen molar-refractivity contribution in [1.29, 1.82) is 0 Å². The van der Waals surface area contributed by atoms with E-state index in [9.17, 15) is 18.0 Å². The SMILES string of the molecule is Cc1ccn(CCC(=O)N2CCC[C@@H]2c2cc3n(n2)[C@@H](C(F)(F)F)C[C@@H](C)N3)n1. The molecule has 1 amide bonds. The fourth-order valence-electron chi connectivity index (χ4n) is 4.25. The lowest BCUT2D eigenvalue weighted by Crippen LogP contribution is -2.38. The van der Waals surface area contributed by atoms with Gasteiger partial charge in [-0.3, -0.25) is 9.48 Å². The van der Waals surface area contributed by atoms with E-state index in [1.807, 2.05) is 19.2 Å². The predicted molar refractivity (Wildman–Crippen MR) is 100 cm³/mol. The number of aromatic nitrogens is 4. The van der Waals surface area contributed by atoms with Gasteiger partial charge in [0, 0.05) is 37.8 Å². The van der Waals surface area contributed by atoms with Gasteiger partial charge < -0.3 is 10.2 Å². The first kappa shape index (κ1) is 19.8. The summed E-state index contributed by atoms with van der Waals surface area (Å²) in [5.74, 6) is 0.340. The van der Waals surface area contributed by atoms with E-state index in [1.165, 1.54) is 0 Å². The molecule has 3 atom stereocenters. The quantitative estimate of drug-likeness (QED) is 0.838. The Morgan fingerprint density at radius 2 is 2.14 bits per heavy atom. The Morgan fingerprint density at radius 1 is 1.34 bits per heavy atom. The van der Waals surface area contributed by atoms with Crippen LogP contribution in [0.25, 0.3) is 0 Å². The molecule has 1 N–H and O–H groups in total. The third-order valence-corrected chi connectivity index (χ3v) is 5.64. The average Bonchev–Trinajstić information content (AvgIpc) is 3.36. The van der Waals surface area contributed by atoms with Crippen LogP contribution in [0.15, 0.2) is 18.3 Å². The highest BCUT2D eigenvalue weighted by atomic mass is 19.4. The number of halogens is 3. The molecule has 2 aromatic heterocycles. The smallest absolute Gasteiger partial charge is 0.368 e. The summed E-state index contributed by atoms with van der Waals surface area (Å²) in [6.07, 6.45) is -0.777. The number of alkyl halides is 3. The van der Waals surface area contributed by atoms with Gasteiger partial charge in [0.2, 0.25) is 5.91 Å². The molecule has 0 aromatic carbocycles. The zero-order valence-electron chi connectivity index (χ0n) is 16.5. The van der Waals surface area contributed by atoms with E-state index in [1.54, 1.807) is 22.6 Å². The predicted octanol–water partition coefficient (Wildman–Crippen LogP) is 3.45. The van der Waals surface area contributed by atoms with Gasteiger partial charge >= 0.3 is 6.18 Å². The summed E-state index contributed by atoms with van der Waals surface area (Å²) in [6.45, 7) is 4.69. The van der Waals surface area contributed by atoms with Crippen LogP contribution in [0.5, 0.6) is 0 Å². The Balaban J connectivity index is 1.51. The van der Waals surface area contributed by atoms with Crippen LogP contribution in [0.3, 0.4) is 0 Å². The van der Waals surface area contributed by atoms with Gasteiger partial charge in [-0.25, -0.2) is 4.68 Å². The van der Waals surface area contributed by atoms with Gasteiger partial charge in [-0.1, -0.05) is 0 Å².